The number of anilines is 1. The van der Waals surface area contributed by atoms with Gasteiger partial charge >= 0.3 is 7.60 Å². The van der Waals surface area contributed by atoms with E-state index in [-0.39, 0.29) is 6.10 Å². The van der Waals surface area contributed by atoms with E-state index >= 15 is 0 Å². The van der Waals surface area contributed by atoms with Crippen LogP contribution in [0, 0.1) is 0 Å². The first-order valence-electron chi connectivity index (χ1n) is 7.01. The van der Waals surface area contributed by atoms with Crippen LogP contribution in [0.4, 0.5) is 5.82 Å². The van der Waals surface area contributed by atoms with Crippen molar-refractivity contribution >= 4 is 24.6 Å². The van der Waals surface area contributed by atoms with E-state index in [0.29, 0.717) is 23.8 Å². The lowest BCUT2D eigenvalue weighted by atomic mass is 10.4. The van der Waals surface area contributed by atoms with Crippen LogP contribution in [0.3, 0.4) is 0 Å². The van der Waals surface area contributed by atoms with Crippen molar-refractivity contribution in [2.45, 2.75) is 38.5 Å². The van der Waals surface area contributed by atoms with E-state index in [1.54, 1.807) is 17.8 Å². The Morgan fingerprint density at radius 1 is 1.45 bits per heavy atom. The van der Waals surface area contributed by atoms with Gasteiger partial charge in [0, 0.05) is 6.04 Å². The molecule has 2 heterocycles. The zero-order chi connectivity index (χ0) is 15.7. The summed E-state index contributed by atoms with van der Waals surface area (Å²) in [6.07, 6.45) is 4.42. The SMILES string of the molecule is C[C@H](Cn1cnc2c(NC3CC3)ncnc21)OCP(=O)(O)O. The van der Waals surface area contributed by atoms with Crippen molar-refractivity contribution in [3.8, 4) is 0 Å². The van der Waals surface area contributed by atoms with Crippen LogP contribution in [-0.2, 0) is 15.8 Å². The summed E-state index contributed by atoms with van der Waals surface area (Å²) in [5, 5.41) is 3.31. The van der Waals surface area contributed by atoms with Crippen LogP contribution in [0.5, 0.6) is 0 Å². The number of ether oxygens (including phenoxy) is 1. The maximum Gasteiger partial charge on any atom is 0.350 e. The summed E-state index contributed by atoms with van der Waals surface area (Å²) in [6.45, 7) is 2.14. The Bertz CT molecular complexity index is 711. The summed E-state index contributed by atoms with van der Waals surface area (Å²) >= 11 is 0. The highest BCUT2D eigenvalue weighted by molar-refractivity contribution is 7.51. The van der Waals surface area contributed by atoms with Crippen molar-refractivity contribution in [1.82, 2.24) is 19.5 Å². The second kappa shape index (κ2) is 5.92. The summed E-state index contributed by atoms with van der Waals surface area (Å²) in [6, 6.07) is 0.466. The summed E-state index contributed by atoms with van der Waals surface area (Å²) in [4.78, 5) is 30.4. The summed E-state index contributed by atoms with van der Waals surface area (Å²) < 4.78 is 17.8. The lowest BCUT2D eigenvalue weighted by molar-refractivity contribution is 0.0764. The fourth-order valence-corrected chi connectivity index (χ4v) is 2.54. The van der Waals surface area contributed by atoms with Gasteiger partial charge < -0.3 is 24.4 Å². The number of rotatable bonds is 7. The lowest BCUT2D eigenvalue weighted by Gasteiger charge is -2.14. The van der Waals surface area contributed by atoms with Crippen molar-refractivity contribution in [3.05, 3.63) is 12.7 Å². The maximum atomic E-state index is 10.8. The summed E-state index contributed by atoms with van der Waals surface area (Å²) in [5.41, 5.74) is 1.36. The van der Waals surface area contributed by atoms with Gasteiger partial charge in [-0.3, -0.25) is 4.57 Å². The first kappa shape index (κ1) is 15.4. The zero-order valence-corrected chi connectivity index (χ0v) is 13.0. The Labute approximate surface area is 126 Å². The number of aromatic nitrogens is 4. The van der Waals surface area contributed by atoms with Crippen LogP contribution >= 0.6 is 7.60 Å². The minimum atomic E-state index is -4.16. The van der Waals surface area contributed by atoms with Gasteiger partial charge in [0.2, 0.25) is 0 Å². The number of nitrogens with one attached hydrogen (secondary N) is 1. The lowest BCUT2D eigenvalue weighted by Crippen LogP contribution is -2.17. The maximum absolute atomic E-state index is 10.8. The van der Waals surface area contributed by atoms with Gasteiger partial charge in [-0.2, -0.15) is 0 Å². The van der Waals surface area contributed by atoms with Gasteiger partial charge in [0.05, 0.1) is 19.0 Å². The Morgan fingerprint density at radius 2 is 2.23 bits per heavy atom. The molecule has 3 N–H and O–H groups in total. The molecule has 120 valence electrons. The number of imidazole rings is 1. The van der Waals surface area contributed by atoms with Crippen LogP contribution in [-0.4, -0.2) is 47.8 Å². The highest BCUT2D eigenvalue weighted by atomic mass is 31.2. The van der Waals surface area contributed by atoms with Gasteiger partial charge in [-0.15, -0.1) is 0 Å². The first-order chi connectivity index (χ1) is 10.4. The molecule has 22 heavy (non-hydrogen) atoms. The topological polar surface area (TPSA) is 122 Å². The molecule has 0 unspecified atom stereocenters. The quantitative estimate of drug-likeness (QED) is 0.642. The molecule has 0 saturated heterocycles. The van der Waals surface area contributed by atoms with Crippen molar-refractivity contribution in [1.29, 1.82) is 0 Å². The van der Waals surface area contributed by atoms with E-state index in [1.807, 2.05) is 0 Å². The highest BCUT2D eigenvalue weighted by Crippen LogP contribution is 2.34. The van der Waals surface area contributed by atoms with Gasteiger partial charge in [0.1, 0.15) is 18.2 Å². The van der Waals surface area contributed by atoms with Crippen molar-refractivity contribution < 1.29 is 19.1 Å². The van der Waals surface area contributed by atoms with Crippen LogP contribution in [0.15, 0.2) is 12.7 Å². The van der Waals surface area contributed by atoms with Crippen LogP contribution in [0.25, 0.3) is 11.2 Å². The standard InChI is InChI=1S/C12H18N5O4P/c1-8(21-7-22(18,19)20)4-17-6-15-10-11(16-9-2-3-9)13-5-14-12(10)17/h5-6,8-9H,2-4,7H2,1H3,(H,13,14,16)(H2,18,19,20)/t8-/m1/s1. The summed E-state index contributed by atoms with van der Waals surface area (Å²) in [5.74, 6) is 0.718. The molecule has 9 nitrogen and oxygen atoms in total. The molecule has 1 fully saturated rings. The molecule has 10 heteroatoms. The second-order valence-corrected chi connectivity index (χ2v) is 7.07. The number of hydrogen-bond acceptors (Lipinski definition) is 6. The molecule has 2 aromatic rings. The molecule has 0 spiro atoms. The first-order valence-corrected chi connectivity index (χ1v) is 8.81. The Balaban J connectivity index is 1.72. The van der Waals surface area contributed by atoms with E-state index in [9.17, 15) is 4.57 Å². The minimum absolute atomic E-state index is 0.375. The van der Waals surface area contributed by atoms with Gasteiger partial charge in [0.25, 0.3) is 0 Å². The van der Waals surface area contributed by atoms with Gasteiger partial charge in [-0.25, -0.2) is 15.0 Å². The van der Waals surface area contributed by atoms with E-state index in [1.165, 1.54) is 6.33 Å². The van der Waals surface area contributed by atoms with E-state index in [4.69, 9.17) is 14.5 Å². The zero-order valence-electron chi connectivity index (χ0n) is 12.1. The minimum Gasteiger partial charge on any atom is -0.365 e. The van der Waals surface area contributed by atoms with Crippen LogP contribution < -0.4 is 5.32 Å². The molecule has 1 saturated carbocycles. The third kappa shape index (κ3) is 3.80. The largest absolute Gasteiger partial charge is 0.365 e. The highest BCUT2D eigenvalue weighted by Gasteiger charge is 2.23. The monoisotopic (exact) mass is 327 g/mol. The Morgan fingerprint density at radius 3 is 2.91 bits per heavy atom. The molecule has 0 radical (unpaired) electrons. The van der Waals surface area contributed by atoms with E-state index < -0.39 is 13.9 Å². The molecule has 1 atom stereocenters. The molecule has 2 aromatic heterocycles. The van der Waals surface area contributed by atoms with Gasteiger partial charge in [-0.05, 0) is 19.8 Å². The van der Waals surface area contributed by atoms with Crippen molar-refractivity contribution in [2.24, 2.45) is 0 Å². The van der Waals surface area contributed by atoms with Gasteiger partial charge in [-0.1, -0.05) is 0 Å². The van der Waals surface area contributed by atoms with Gasteiger partial charge in [0.15, 0.2) is 11.5 Å². The third-order valence-corrected chi connectivity index (χ3v) is 3.79. The fourth-order valence-electron chi connectivity index (χ4n) is 2.09. The smallest absolute Gasteiger partial charge is 0.350 e. The van der Waals surface area contributed by atoms with Crippen LogP contribution in [0.1, 0.15) is 19.8 Å². The molecule has 1 aliphatic rings. The number of nitrogens with zero attached hydrogens (tertiary/aromatic N) is 4. The molecule has 0 aromatic carbocycles. The predicted molar refractivity (Wildman–Crippen MR) is 79.4 cm³/mol. The molecule has 0 bridgehead atoms. The number of fused-ring (bicyclic) bond motifs is 1. The van der Waals surface area contributed by atoms with Crippen molar-refractivity contribution in [3.63, 3.8) is 0 Å². The molecular formula is C12H18N5O4P. The predicted octanol–water partition coefficient (Wildman–Crippen LogP) is 0.941. The Hall–Kier alpha value is -1.54. The molecule has 0 aliphatic heterocycles. The normalized spacial score (nSPS) is 16.9. The average Bonchev–Trinajstić information content (AvgIpc) is 3.17. The Kier molecular flexibility index (Phi) is 4.14. The molecule has 3 rings (SSSR count). The second-order valence-electron chi connectivity index (χ2n) is 5.48. The van der Waals surface area contributed by atoms with Crippen LogP contribution in [0.2, 0.25) is 0 Å². The van der Waals surface area contributed by atoms with E-state index in [0.717, 1.165) is 18.7 Å². The van der Waals surface area contributed by atoms with E-state index in [2.05, 4.69) is 20.3 Å². The fraction of sp³-hybridized carbons (Fsp3) is 0.583. The molecule has 0 amide bonds. The average molecular weight is 327 g/mol. The van der Waals surface area contributed by atoms with Crippen molar-refractivity contribution in [2.75, 3.05) is 11.7 Å². The molecular weight excluding hydrogens is 309 g/mol. The molecule has 1 aliphatic carbocycles. The third-order valence-electron chi connectivity index (χ3n) is 3.30. The summed E-state index contributed by atoms with van der Waals surface area (Å²) in [7, 11) is -4.16. The number of hydrogen-bond donors (Lipinski definition) is 3.